The van der Waals surface area contributed by atoms with E-state index in [9.17, 15) is 13.2 Å². The van der Waals surface area contributed by atoms with Gasteiger partial charge < -0.3 is 9.84 Å². The fraction of sp³-hybridized carbons (Fsp3) is 0.316. The highest BCUT2D eigenvalue weighted by Gasteiger charge is 2.41. The summed E-state index contributed by atoms with van der Waals surface area (Å²) in [7, 11) is -3.87. The van der Waals surface area contributed by atoms with Crippen LogP contribution in [0, 0.1) is 13.8 Å². The molecule has 1 aliphatic rings. The van der Waals surface area contributed by atoms with Crippen molar-refractivity contribution in [3.05, 3.63) is 47.3 Å². The van der Waals surface area contributed by atoms with Gasteiger partial charge in [0.15, 0.2) is 5.76 Å². The van der Waals surface area contributed by atoms with Gasteiger partial charge in [0, 0.05) is 29.4 Å². The van der Waals surface area contributed by atoms with Crippen molar-refractivity contribution in [3.63, 3.8) is 0 Å². The van der Waals surface area contributed by atoms with Gasteiger partial charge in [-0.2, -0.15) is 4.31 Å². The van der Waals surface area contributed by atoms with E-state index in [0.717, 1.165) is 10.6 Å². The highest BCUT2D eigenvalue weighted by Crippen LogP contribution is 2.30. The summed E-state index contributed by atoms with van der Waals surface area (Å²) < 4.78 is 32.5. The van der Waals surface area contributed by atoms with Gasteiger partial charge in [-0.3, -0.25) is 4.79 Å². The second-order valence-electron chi connectivity index (χ2n) is 6.83. The Morgan fingerprint density at radius 1 is 1.28 bits per heavy atom. The number of aryl methyl sites for hydroxylation is 2. The molecule has 152 valence electrons. The van der Waals surface area contributed by atoms with Crippen molar-refractivity contribution in [3.8, 4) is 10.6 Å². The van der Waals surface area contributed by atoms with E-state index in [4.69, 9.17) is 4.52 Å². The molecule has 0 spiro atoms. The molecule has 2 aromatic heterocycles. The lowest BCUT2D eigenvalue weighted by Crippen LogP contribution is -2.43. The Labute approximate surface area is 172 Å². The van der Waals surface area contributed by atoms with Crippen LogP contribution in [-0.2, 0) is 14.8 Å². The maximum absolute atomic E-state index is 13.1. The smallest absolute Gasteiger partial charge is 0.249 e. The van der Waals surface area contributed by atoms with Crippen LogP contribution >= 0.6 is 11.3 Å². The van der Waals surface area contributed by atoms with Crippen LogP contribution in [0.15, 0.2) is 45.3 Å². The summed E-state index contributed by atoms with van der Waals surface area (Å²) >= 11 is 1.54. The summed E-state index contributed by atoms with van der Waals surface area (Å²) in [5, 5.41) is 9.37. The van der Waals surface area contributed by atoms with Gasteiger partial charge in [-0.25, -0.2) is 13.4 Å². The first kappa shape index (κ1) is 19.7. The minimum absolute atomic E-state index is 0.0463. The molecule has 3 heterocycles. The van der Waals surface area contributed by atoms with Crippen molar-refractivity contribution >= 4 is 33.0 Å². The minimum Gasteiger partial charge on any atom is -0.360 e. The lowest BCUT2D eigenvalue weighted by atomic mass is 10.2. The van der Waals surface area contributed by atoms with Gasteiger partial charge in [-0.15, -0.1) is 11.3 Å². The van der Waals surface area contributed by atoms with Gasteiger partial charge in [0.2, 0.25) is 15.9 Å². The van der Waals surface area contributed by atoms with E-state index in [2.05, 4.69) is 15.5 Å². The normalized spacial score (nSPS) is 17.5. The zero-order valence-corrected chi connectivity index (χ0v) is 17.6. The molecule has 4 rings (SSSR count). The van der Waals surface area contributed by atoms with Crippen LogP contribution in [0.5, 0.6) is 0 Å². The largest absolute Gasteiger partial charge is 0.360 e. The van der Waals surface area contributed by atoms with Crippen LogP contribution in [0.25, 0.3) is 10.6 Å². The van der Waals surface area contributed by atoms with Crippen molar-refractivity contribution in [1.29, 1.82) is 0 Å². The number of aromatic nitrogens is 2. The molecule has 0 bridgehead atoms. The fourth-order valence-corrected chi connectivity index (χ4v) is 6.13. The monoisotopic (exact) mass is 432 g/mol. The maximum Gasteiger partial charge on any atom is 0.249 e. The Balaban J connectivity index is 1.52. The molecule has 3 aromatic rings. The third-order valence-corrected chi connectivity index (χ3v) is 7.85. The van der Waals surface area contributed by atoms with E-state index in [-0.39, 0.29) is 23.1 Å². The molecule has 8 nitrogen and oxygen atoms in total. The van der Waals surface area contributed by atoms with Crippen molar-refractivity contribution in [2.24, 2.45) is 0 Å². The van der Waals surface area contributed by atoms with E-state index in [1.165, 1.54) is 15.6 Å². The van der Waals surface area contributed by atoms with Gasteiger partial charge in [0.05, 0.1) is 0 Å². The van der Waals surface area contributed by atoms with Crippen LogP contribution in [0.3, 0.4) is 0 Å². The number of amides is 1. The maximum atomic E-state index is 13.1. The van der Waals surface area contributed by atoms with E-state index in [1.54, 1.807) is 32.2 Å². The van der Waals surface area contributed by atoms with Gasteiger partial charge in [0.25, 0.3) is 0 Å². The number of rotatable bonds is 5. The topological polar surface area (TPSA) is 105 Å². The number of hydrogen-bond acceptors (Lipinski definition) is 7. The Hall–Kier alpha value is -2.56. The van der Waals surface area contributed by atoms with Crippen molar-refractivity contribution in [2.45, 2.75) is 37.6 Å². The molecule has 0 unspecified atom stereocenters. The number of sulfonamides is 1. The lowest BCUT2D eigenvalue weighted by Gasteiger charge is -2.23. The third kappa shape index (κ3) is 3.70. The number of carbonyl (C=O) groups is 1. The zero-order chi connectivity index (χ0) is 20.6. The van der Waals surface area contributed by atoms with Crippen molar-refractivity contribution in [1.82, 2.24) is 14.4 Å². The average Bonchev–Trinajstić information content (AvgIpc) is 3.43. The summed E-state index contributed by atoms with van der Waals surface area (Å²) in [4.78, 5) is 17.2. The number of nitrogens with zero attached hydrogens (tertiary/aromatic N) is 3. The molecule has 0 radical (unpaired) electrons. The molecule has 1 fully saturated rings. The number of thiazole rings is 1. The average molecular weight is 433 g/mol. The molecule has 1 aliphatic heterocycles. The van der Waals surface area contributed by atoms with Gasteiger partial charge in [0.1, 0.15) is 21.6 Å². The van der Waals surface area contributed by atoms with E-state index >= 15 is 0 Å². The first-order valence-electron chi connectivity index (χ1n) is 9.13. The minimum atomic E-state index is -3.87. The predicted octanol–water partition coefficient (Wildman–Crippen LogP) is 3.21. The molecule has 1 atom stereocenters. The summed E-state index contributed by atoms with van der Waals surface area (Å²) in [5.41, 5.74) is 1.87. The third-order valence-electron chi connectivity index (χ3n) is 4.87. The molecule has 0 aliphatic carbocycles. The van der Waals surface area contributed by atoms with Crippen LogP contribution in [0.2, 0.25) is 0 Å². The Kier molecular flexibility index (Phi) is 5.24. The molecule has 10 heteroatoms. The zero-order valence-electron chi connectivity index (χ0n) is 16.0. The number of hydrogen-bond donors (Lipinski definition) is 1. The SMILES string of the molecule is Cc1noc(C)c1S(=O)(=O)N1CCC[C@H]1C(=O)Nc1ccc(-c2nccs2)cc1. The molecule has 0 saturated carbocycles. The quantitative estimate of drug-likeness (QED) is 0.664. The first-order chi connectivity index (χ1) is 13.9. The number of anilines is 1. The van der Waals surface area contributed by atoms with Gasteiger partial charge in [-0.05, 0) is 51.0 Å². The van der Waals surface area contributed by atoms with Crippen LogP contribution < -0.4 is 5.32 Å². The molecule has 29 heavy (non-hydrogen) atoms. The fourth-order valence-electron chi connectivity index (χ4n) is 3.54. The van der Waals surface area contributed by atoms with Gasteiger partial charge >= 0.3 is 0 Å². The first-order valence-corrected chi connectivity index (χ1v) is 11.5. The van der Waals surface area contributed by atoms with Gasteiger partial charge in [-0.1, -0.05) is 5.16 Å². The highest BCUT2D eigenvalue weighted by atomic mass is 32.2. The van der Waals surface area contributed by atoms with Crippen LogP contribution in [0.1, 0.15) is 24.3 Å². The number of carbonyl (C=O) groups excluding carboxylic acids is 1. The van der Waals surface area contributed by atoms with Crippen molar-refractivity contribution in [2.75, 3.05) is 11.9 Å². The van der Waals surface area contributed by atoms with Crippen LogP contribution in [-0.4, -0.2) is 41.4 Å². The predicted molar refractivity (Wildman–Crippen MR) is 109 cm³/mol. The molecule has 1 saturated heterocycles. The summed E-state index contributed by atoms with van der Waals surface area (Å²) in [6, 6.07) is 6.56. The van der Waals surface area contributed by atoms with Crippen LogP contribution in [0.4, 0.5) is 5.69 Å². The van der Waals surface area contributed by atoms with E-state index < -0.39 is 16.1 Å². The van der Waals surface area contributed by atoms with Crippen molar-refractivity contribution < 1.29 is 17.7 Å². The number of nitrogens with one attached hydrogen (secondary N) is 1. The number of benzene rings is 1. The second-order valence-corrected chi connectivity index (χ2v) is 9.55. The van der Waals surface area contributed by atoms with E-state index in [1.807, 2.05) is 17.5 Å². The van der Waals surface area contributed by atoms with E-state index in [0.29, 0.717) is 24.2 Å². The Morgan fingerprint density at radius 3 is 2.66 bits per heavy atom. The molecule has 1 N–H and O–H groups in total. The summed E-state index contributed by atoms with van der Waals surface area (Å²) in [6.07, 6.45) is 2.82. The second kappa shape index (κ2) is 7.69. The highest BCUT2D eigenvalue weighted by molar-refractivity contribution is 7.89. The Bertz CT molecular complexity index is 1100. The summed E-state index contributed by atoms with van der Waals surface area (Å²) in [5.74, 6) is -0.119. The Morgan fingerprint density at radius 2 is 2.03 bits per heavy atom. The molecule has 1 aromatic carbocycles. The molecular weight excluding hydrogens is 412 g/mol. The molecule has 1 amide bonds. The standard InChI is InChI=1S/C19H20N4O4S2/c1-12-17(13(2)27-22-12)29(25,26)23-10-3-4-16(23)18(24)21-15-7-5-14(6-8-15)19-20-9-11-28-19/h5-9,11,16H,3-4,10H2,1-2H3,(H,21,24)/t16-/m0/s1. The molecular formula is C19H20N4O4S2. The summed E-state index contributed by atoms with van der Waals surface area (Å²) in [6.45, 7) is 3.42. The lowest BCUT2D eigenvalue weighted by molar-refractivity contribution is -0.119.